The summed E-state index contributed by atoms with van der Waals surface area (Å²) in [6, 6.07) is 26.5. The third kappa shape index (κ3) is 4.29. The number of aliphatic hydroxyl groups is 1. The van der Waals surface area contributed by atoms with Gasteiger partial charge in [-0.2, -0.15) is 5.10 Å². The summed E-state index contributed by atoms with van der Waals surface area (Å²) in [5.74, 6) is -0.446. The zero-order valence-corrected chi connectivity index (χ0v) is 18.4. The number of hydrazone groups is 1. The predicted octanol–water partition coefficient (Wildman–Crippen LogP) is 4.19. The lowest BCUT2D eigenvalue weighted by Gasteiger charge is -2.27. The summed E-state index contributed by atoms with van der Waals surface area (Å²) in [4.78, 5) is 13.2. The molecule has 1 aromatic heterocycles. The highest BCUT2D eigenvalue weighted by atomic mass is 16.3. The van der Waals surface area contributed by atoms with E-state index in [1.165, 1.54) is 0 Å². The van der Waals surface area contributed by atoms with Crippen LogP contribution in [0.4, 0.5) is 0 Å². The molecular weight excluding hydrogens is 414 g/mol. The van der Waals surface area contributed by atoms with Gasteiger partial charge in [0, 0.05) is 22.6 Å². The molecule has 6 nitrogen and oxygen atoms in total. The topological polar surface area (TPSA) is 86.9 Å². The van der Waals surface area contributed by atoms with Crippen LogP contribution in [-0.2, 0) is 10.4 Å². The molecule has 0 spiro atoms. The van der Waals surface area contributed by atoms with Gasteiger partial charge in [-0.1, -0.05) is 60.7 Å². The van der Waals surface area contributed by atoms with Crippen molar-refractivity contribution in [3.63, 3.8) is 0 Å². The molecule has 0 aliphatic heterocycles. The van der Waals surface area contributed by atoms with Crippen molar-refractivity contribution >= 4 is 12.1 Å². The number of carbonyl (C=O) groups is 1. The summed E-state index contributed by atoms with van der Waals surface area (Å²) in [7, 11) is 0. The number of nitrogens with one attached hydrogen (secondary N) is 1. The maximum atomic E-state index is 13.2. The number of rotatable bonds is 6. The van der Waals surface area contributed by atoms with E-state index >= 15 is 0 Å². The van der Waals surface area contributed by atoms with Gasteiger partial charge in [0.05, 0.1) is 6.21 Å². The van der Waals surface area contributed by atoms with E-state index in [1.807, 2.05) is 48.7 Å². The Labute approximate surface area is 192 Å². The van der Waals surface area contributed by atoms with Crippen LogP contribution in [0.3, 0.4) is 0 Å². The number of nitrogens with zero attached hydrogens (tertiary/aromatic N) is 2. The molecule has 0 saturated heterocycles. The maximum absolute atomic E-state index is 13.2. The average molecular weight is 440 g/mol. The Morgan fingerprint density at radius 3 is 2.00 bits per heavy atom. The molecule has 33 heavy (non-hydrogen) atoms. The van der Waals surface area contributed by atoms with Crippen LogP contribution in [0.15, 0.2) is 96.1 Å². The lowest BCUT2D eigenvalue weighted by Crippen LogP contribution is -2.43. The van der Waals surface area contributed by atoms with Crippen LogP contribution in [0.1, 0.15) is 28.1 Å². The highest BCUT2D eigenvalue weighted by Crippen LogP contribution is 2.30. The number of aromatic hydroxyl groups is 1. The molecule has 0 aliphatic carbocycles. The minimum absolute atomic E-state index is 0.204. The first-order chi connectivity index (χ1) is 15.9. The standard InChI is InChI=1S/C27H25N3O3/c1-19-17-21(20(2)30(19)24-13-15-25(31)16-14-24)18-28-29-26(32)27(33,22-9-5-3-6-10-22)23-11-7-4-8-12-23/h3-18,31,33H,1-2H3,(H,29,32)/b28-18+. The van der Waals surface area contributed by atoms with Gasteiger partial charge >= 0.3 is 0 Å². The molecule has 1 heterocycles. The van der Waals surface area contributed by atoms with Crippen LogP contribution in [0.5, 0.6) is 5.75 Å². The third-order valence-corrected chi connectivity index (χ3v) is 5.66. The van der Waals surface area contributed by atoms with Crippen molar-refractivity contribution in [1.29, 1.82) is 0 Å². The number of phenols is 1. The number of hydrogen-bond donors (Lipinski definition) is 3. The second-order valence-corrected chi connectivity index (χ2v) is 7.82. The van der Waals surface area contributed by atoms with Crippen molar-refractivity contribution in [2.75, 3.05) is 0 Å². The van der Waals surface area contributed by atoms with Crippen LogP contribution in [0.2, 0.25) is 0 Å². The first-order valence-electron chi connectivity index (χ1n) is 10.6. The second kappa shape index (κ2) is 9.14. The Morgan fingerprint density at radius 1 is 0.909 bits per heavy atom. The van der Waals surface area contributed by atoms with Gasteiger partial charge in [-0.3, -0.25) is 4.79 Å². The minimum Gasteiger partial charge on any atom is -0.508 e. The molecule has 0 aliphatic rings. The molecule has 0 unspecified atom stereocenters. The fourth-order valence-electron chi connectivity index (χ4n) is 3.95. The number of hydrogen-bond acceptors (Lipinski definition) is 4. The molecule has 4 rings (SSSR count). The van der Waals surface area contributed by atoms with E-state index in [0.717, 1.165) is 22.6 Å². The maximum Gasteiger partial charge on any atom is 0.281 e. The molecule has 0 radical (unpaired) electrons. The van der Waals surface area contributed by atoms with Gasteiger partial charge in [0.15, 0.2) is 5.60 Å². The van der Waals surface area contributed by atoms with Crippen LogP contribution >= 0.6 is 0 Å². The molecule has 1 amide bonds. The smallest absolute Gasteiger partial charge is 0.281 e. The number of benzene rings is 3. The van der Waals surface area contributed by atoms with Crippen molar-refractivity contribution in [3.05, 3.63) is 119 Å². The molecular formula is C27H25N3O3. The van der Waals surface area contributed by atoms with Gasteiger partial charge in [-0.15, -0.1) is 0 Å². The molecule has 6 heteroatoms. The second-order valence-electron chi connectivity index (χ2n) is 7.82. The summed E-state index contributed by atoms with van der Waals surface area (Å²) < 4.78 is 2.03. The summed E-state index contributed by atoms with van der Waals surface area (Å²) in [5, 5.41) is 25.2. The van der Waals surface area contributed by atoms with E-state index in [-0.39, 0.29) is 5.75 Å². The molecule has 0 saturated carbocycles. The van der Waals surface area contributed by atoms with Crippen LogP contribution in [0.25, 0.3) is 5.69 Å². The predicted molar refractivity (Wildman–Crippen MR) is 129 cm³/mol. The van der Waals surface area contributed by atoms with E-state index in [2.05, 4.69) is 10.5 Å². The van der Waals surface area contributed by atoms with E-state index in [0.29, 0.717) is 11.1 Å². The SMILES string of the molecule is Cc1cc(/C=N/NC(=O)C(O)(c2ccccc2)c2ccccc2)c(C)n1-c1ccc(O)cc1. The quantitative estimate of drug-likeness (QED) is 0.311. The summed E-state index contributed by atoms with van der Waals surface area (Å²) in [6.07, 6.45) is 1.56. The highest BCUT2D eigenvalue weighted by Gasteiger charge is 2.39. The fraction of sp³-hybridized carbons (Fsp3) is 0.111. The molecule has 3 aromatic carbocycles. The lowest BCUT2D eigenvalue weighted by molar-refractivity contribution is -0.136. The number of carbonyl (C=O) groups excluding carboxylic acids is 1. The monoisotopic (exact) mass is 439 g/mol. The number of phenolic OH excluding ortho intramolecular Hbond substituents is 1. The fourth-order valence-corrected chi connectivity index (χ4v) is 3.95. The summed E-state index contributed by atoms with van der Waals surface area (Å²) in [5.41, 5.74) is 5.18. The van der Waals surface area contributed by atoms with Gasteiger partial charge in [0.1, 0.15) is 5.75 Å². The Morgan fingerprint density at radius 2 is 1.45 bits per heavy atom. The zero-order valence-electron chi connectivity index (χ0n) is 18.4. The van der Waals surface area contributed by atoms with Crippen LogP contribution in [-0.4, -0.2) is 26.9 Å². The normalized spacial score (nSPS) is 11.6. The molecule has 4 aromatic rings. The van der Waals surface area contributed by atoms with Crippen molar-refractivity contribution in [1.82, 2.24) is 9.99 Å². The summed E-state index contributed by atoms with van der Waals surface area (Å²) >= 11 is 0. The Hall–Kier alpha value is -4.16. The van der Waals surface area contributed by atoms with Crippen molar-refractivity contribution in [2.24, 2.45) is 5.10 Å². The third-order valence-electron chi connectivity index (χ3n) is 5.66. The van der Waals surface area contributed by atoms with Gasteiger partial charge in [-0.05, 0) is 55.3 Å². The van der Waals surface area contributed by atoms with Crippen LogP contribution < -0.4 is 5.43 Å². The van der Waals surface area contributed by atoms with Gasteiger partial charge in [0.2, 0.25) is 0 Å². The van der Waals surface area contributed by atoms with Gasteiger partial charge in [-0.25, -0.2) is 5.43 Å². The van der Waals surface area contributed by atoms with E-state index < -0.39 is 11.5 Å². The van der Waals surface area contributed by atoms with E-state index in [1.54, 1.807) is 66.9 Å². The molecule has 3 N–H and O–H groups in total. The number of amides is 1. The summed E-state index contributed by atoms with van der Waals surface area (Å²) in [6.45, 7) is 3.92. The molecule has 0 fully saturated rings. The first kappa shape index (κ1) is 22.0. The van der Waals surface area contributed by atoms with E-state index in [9.17, 15) is 15.0 Å². The van der Waals surface area contributed by atoms with Crippen molar-refractivity contribution < 1.29 is 15.0 Å². The van der Waals surface area contributed by atoms with Gasteiger partial charge in [0.25, 0.3) is 5.91 Å². The Kier molecular flexibility index (Phi) is 6.11. The molecule has 0 bridgehead atoms. The van der Waals surface area contributed by atoms with Crippen LogP contribution in [0, 0.1) is 13.8 Å². The minimum atomic E-state index is -1.89. The molecule has 0 atom stereocenters. The Balaban J connectivity index is 1.61. The Bertz CT molecular complexity index is 1240. The average Bonchev–Trinajstić information content (AvgIpc) is 3.13. The van der Waals surface area contributed by atoms with Crippen molar-refractivity contribution in [3.8, 4) is 11.4 Å². The van der Waals surface area contributed by atoms with E-state index in [4.69, 9.17) is 0 Å². The highest BCUT2D eigenvalue weighted by molar-refractivity contribution is 5.91. The van der Waals surface area contributed by atoms with Gasteiger partial charge < -0.3 is 14.8 Å². The number of aryl methyl sites for hydroxylation is 1. The first-order valence-corrected chi connectivity index (χ1v) is 10.6. The van der Waals surface area contributed by atoms with Crippen molar-refractivity contribution in [2.45, 2.75) is 19.4 Å². The number of aromatic nitrogens is 1. The zero-order chi connectivity index (χ0) is 23.4. The lowest BCUT2D eigenvalue weighted by atomic mass is 9.85. The molecule has 166 valence electrons. The largest absolute Gasteiger partial charge is 0.508 e.